The number of aryl methyl sites for hydroxylation is 2. The van der Waals surface area contributed by atoms with Crippen LogP contribution >= 0.6 is 11.6 Å². The van der Waals surface area contributed by atoms with Crippen molar-refractivity contribution >= 4 is 27.5 Å². The van der Waals surface area contributed by atoms with E-state index in [0.717, 1.165) is 117 Å². The van der Waals surface area contributed by atoms with Crippen LogP contribution in [0.4, 0.5) is 0 Å². The molecule has 1 amide bonds. The number of unbranched alkanes of at least 4 members (excludes halogenated alkanes) is 1. The molecule has 4 heterocycles. The molecule has 0 bridgehead atoms. The molecule has 0 spiro atoms. The Morgan fingerprint density at radius 2 is 1.81 bits per heavy atom. The smallest absolute Gasteiger partial charge is 0.222 e. The van der Waals surface area contributed by atoms with Gasteiger partial charge in [0.25, 0.3) is 0 Å². The van der Waals surface area contributed by atoms with Crippen molar-refractivity contribution in [2.75, 3.05) is 59.6 Å². The highest BCUT2D eigenvalue weighted by molar-refractivity contribution is 7.88. The average molecular weight is 619 g/mol. The Morgan fingerprint density at radius 1 is 1.02 bits per heavy atom. The van der Waals surface area contributed by atoms with E-state index in [1.54, 1.807) is 4.31 Å². The molecule has 2 aromatic rings. The summed E-state index contributed by atoms with van der Waals surface area (Å²) in [6.45, 7) is 6.68. The maximum Gasteiger partial charge on any atom is 0.222 e. The summed E-state index contributed by atoms with van der Waals surface area (Å²) in [5, 5.41) is 5.88. The number of carbonyl (C=O) groups is 1. The third-order valence-corrected chi connectivity index (χ3v) is 10.8. The summed E-state index contributed by atoms with van der Waals surface area (Å²) in [6.07, 6.45) is 9.84. The van der Waals surface area contributed by atoms with Crippen molar-refractivity contribution in [3.8, 4) is 11.3 Å². The summed E-state index contributed by atoms with van der Waals surface area (Å²) in [5.74, 6) is 0.333. The van der Waals surface area contributed by atoms with Crippen LogP contribution in [0.1, 0.15) is 61.8 Å². The minimum absolute atomic E-state index is 0.333. The summed E-state index contributed by atoms with van der Waals surface area (Å²) >= 11 is 6.60. The van der Waals surface area contributed by atoms with E-state index in [-0.39, 0.29) is 0 Å². The van der Waals surface area contributed by atoms with Gasteiger partial charge in [-0.3, -0.25) is 9.48 Å². The lowest BCUT2D eigenvalue weighted by Crippen LogP contribution is -2.45. The fourth-order valence-corrected chi connectivity index (χ4v) is 7.78. The first-order valence-electron chi connectivity index (χ1n) is 15.6. The molecule has 2 fully saturated rings. The first kappa shape index (κ1) is 31.4. The molecular weight excluding hydrogens is 572 g/mol. The summed E-state index contributed by atoms with van der Waals surface area (Å²) < 4.78 is 28.6. The van der Waals surface area contributed by atoms with Crippen LogP contribution in [0.3, 0.4) is 0 Å². The van der Waals surface area contributed by atoms with Gasteiger partial charge in [0.05, 0.1) is 11.9 Å². The Balaban J connectivity index is 1.27. The molecule has 0 unspecified atom stereocenters. The molecule has 0 N–H and O–H groups in total. The fraction of sp³-hybridized carbons (Fsp3) is 0.677. The molecular formula is C31H47ClN6O3S. The normalized spacial score (nSPS) is 19.3. The number of halogens is 1. The predicted molar refractivity (Wildman–Crippen MR) is 168 cm³/mol. The van der Waals surface area contributed by atoms with Crippen LogP contribution in [-0.2, 0) is 40.7 Å². The van der Waals surface area contributed by atoms with Crippen LogP contribution in [0.25, 0.3) is 11.3 Å². The van der Waals surface area contributed by atoms with E-state index in [2.05, 4.69) is 39.5 Å². The fourth-order valence-electron chi connectivity index (χ4n) is 6.78. The van der Waals surface area contributed by atoms with Gasteiger partial charge in [-0.15, -0.1) is 0 Å². The zero-order valence-electron chi connectivity index (χ0n) is 25.5. The summed E-state index contributed by atoms with van der Waals surface area (Å²) in [7, 11) is 0.881. The van der Waals surface area contributed by atoms with Crippen LogP contribution in [0.15, 0.2) is 18.2 Å². The largest absolute Gasteiger partial charge is 0.340 e. The zero-order valence-corrected chi connectivity index (χ0v) is 27.1. The molecule has 0 radical (unpaired) electrons. The molecule has 9 nitrogen and oxygen atoms in total. The molecule has 0 aliphatic carbocycles. The number of piperidine rings is 1. The van der Waals surface area contributed by atoms with E-state index in [0.29, 0.717) is 37.9 Å². The standard InChI is InChI=1S/C31H47ClN6O3S/c1-34(2)15-5-4-8-24-22-25(10-11-28(24)32)31-27-23-36(42(3,40)41)21-14-29(27)38(33-31)18-7-16-35-19-12-26(13-20-35)37-17-6-9-30(37)39/h10-11,22,26H,4-9,12-21,23H2,1-3H3. The highest BCUT2D eigenvalue weighted by Crippen LogP contribution is 2.33. The number of amides is 1. The van der Waals surface area contributed by atoms with E-state index < -0.39 is 10.0 Å². The second-order valence-corrected chi connectivity index (χ2v) is 14.9. The Hall–Kier alpha value is -1.98. The third-order valence-electron chi connectivity index (χ3n) is 9.14. The third kappa shape index (κ3) is 7.56. The van der Waals surface area contributed by atoms with Crippen LogP contribution in [0, 0.1) is 0 Å². The van der Waals surface area contributed by atoms with E-state index >= 15 is 0 Å². The molecule has 232 valence electrons. The molecule has 5 rings (SSSR count). The van der Waals surface area contributed by atoms with Gasteiger partial charge in [-0.1, -0.05) is 17.7 Å². The second kappa shape index (κ2) is 13.8. The first-order valence-corrected chi connectivity index (χ1v) is 17.8. The molecule has 3 aliphatic heterocycles. The minimum Gasteiger partial charge on any atom is -0.340 e. The minimum atomic E-state index is -3.30. The number of hydrogen-bond donors (Lipinski definition) is 0. The van der Waals surface area contributed by atoms with Crippen LogP contribution in [0.5, 0.6) is 0 Å². The van der Waals surface area contributed by atoms with Gasteiger partial charge in [0.15, 0.2) is 0 Å². The van der Waals surface area contributed by atoms with Gasteiger partial charge in [-0.05, 0) is 89.8 Å². The predicted octanol–water partition coefficient (Wildman–Crippen LogP) is 3.88. The van der Waals surface area contributed by atoms with Gasteiger partial charge in [0, 0.05) is 80.0 Å². The van der Waals surface area contributed by atoms with Crippen molar-refractivity contribution in [1.82, 2.24) is 28.8 Å². The first-order chi connectivity index (χ1) is 20.1. The summed E-state index contributed by atoms with van der Waals surface area (Å²) in [5.41, 5.74) is 5.17. The maximum absolute atomic E-state index is 12.5. The highest BCUT2D eigenvalue weighted by Gasteiger charge is 2.32. The van der Waals surface area contributed by atoms with Gasteiger partial charge in [0.2, 0.25) is 15.9 Å². The molecule has 42 heavy (non-hydrogen) atoms. The van der Waals surface area contributed by atoms with Gasteiger partial charge in [-0.2, -0.15) is 9.40 Å². The second-order valence-electron chi connectivity index (χ2n) is 12.5. The number of rotatable bonds is 12. The lowest BCUT2D eigenvalue weighted by Gasteiger charge is -2.36. The van der Waals surface area contributed by atoms with Gasteiger partial charge in [0.1, 0.15) is 0 Å². The van der Waals surface area contributed by atoms with Gasteiger partial charge < -0.3 is 14.7 Å². The Morgan fingerprint density at radius 3 is 2.50 bits per heavy atom. The molecule has 1 aromatic carbocycles. The number of carbonyl (C=O) groups excluding carboxylic acids is 1. The maximum atomic E-state index is 12.5. The summed E-state index contributed by atoms with van der Waals surface area (Å²) in [4.78, 5) is 19.0. The molecule has 1 aromatic heterocycles. The monoisotopic (exact) mass is 618 g/mol. The lowest BCUT2D eigenvalue weighted by atomic mass is 9.99. The number of hydrogen-bond acceptors (Lipinski definition) is 6. The Labute approximate surface area is 256 Å². The van der Waals surface area contributed by atoms with Crippen LogP contribution in [-0.4, -0.2) is 109 Å². The zero-order chi connectivity index (χ0) is 29.9. The van der Waals surface area contributed by atoms with Crippen molar-refractivity contribution in [2.45, 2.75) is 76.9 Å². The van der Waals surface area contributed by atoms with Crippen molar-refractivity contribution < 1.29 is 13.2 Å². The summed E-state index contributed by atoms with van der Waals surface area (Å²) in [6, 6.07) is 6.54. The number of aromatic nitrogens is 2. The van der Waals surface area contributed by atoms with E-state index in [4.69, 9.17) is 16.7 Å². The van der Waals surface area contributed by atoms with Gasteiger partial charge >= 0.3 is 0 Å². The SMILES string of the molecule is CN(C)CCCCc1cc(-c2nn(CCCN3CCC(N4CCCC4=O)CC3)c3c2CN(S(C)(=O)=O)CC3)ccc1Cl. The number of sulfonamides is 1. The molecule has 2 saturated heterocycles. The number of nitrogens with zero attached hydrogens (tertiary/aromatic N) is 6. The van der Waals surface area contributed by atoms with E-state index in [1.807, 2.05) is 12.1 Å². The van der Waals surface area contributed by atoms with Crippen LogP contribution < -0.4 is 0 Å². The van der Waals surface area contributed by atoms with E-state index in [1.165, 1.54) is 6.26 Å². The topological polar surface area (TPSA) is 82.0 Å². The van der Waals surface area contributed by atoms with Gasteiger partial charge in [-0.25, -0.2) is 8.42 Å². The molecule has 0 saturated carbocycles. The Bertz CT molecular complexity index is 1350. The van der Waals surface area contributed by atoms with Crippen molar-refractivity contribution in [3.63, 3.8) is 0 Å². The quantitative estimate of drug-likeness (QED) is 0.336. The number of likely N-dealkylation sites (tertiary alicyclic amines) is 2. The molecule has 11 heteroatoms. The van der Waals surface area contributed by atoms with Crippen LogP contribution in [0.2, 0.25) is 5.02 Å². The lowest BCUT2D eigenvalue weighted by molar-refractivity contribution is -0.130. The van der Waals surface area contributed by atoms with E-state index in [9.17, 15) is 13.2 Å². The number of fused-ring (bicyclic) bond motifs is 1. The molecule has 3 aliphatic rings. The van der Waals surface area contributed by atoms with Crippen molar-refractivity contribution in [3.05, 3.63) is 40.0 Å². The Kier molecular flexibility index (Phi) is 10.3. The van der Waals surface area contributed by atoms with Crippen molar-refractivity contribution in [1.29, 1.82) is 0 Å². The van der Waals surface area contributed by atoms with Crippen molar-refractivity contribution in [2.24, 2.45) is 0 Å². The number of benzene rings is 1. The average Bonchev–Trinajstić information content (AvgIpc) is 3.55. The molecule has 0 atom stereocenters. The highest BCUT2D eigenvalue weighted by atomic mass is 35.5.